The van der Waals surface area contributed by atoms with Gasteiger partial charge in [0.2, 0.25) is 5.91 Å². The van der Waals surface area contributed by atoms with Crippen LogP contribution in [0.25, 0.3) is 11.6 Å². The molecular formula is C24H27FN4O4. The first-order chi connectivity index (χ1) is 15.7. The van der Waals surface area contributed by atoms with Crippen molar-refractivity contribution in [2.24, 2.45) is 0 Å². The van der Waals surface area contributed by atoms with Crippen molar-refractivity contribution in [3.8, 4) is 0 Å². The monoisotopic (exact) mass is 454 g/mol. The smallest absolute Gasteiger partial charge is 0.256 e. The van der Waals surface area contributed by atoms with Crippen LogP contribution in [0.3, 0.4) is 0 Å². The van der Waals surface area contributed by atoms with Crippen LogP contribution in [0.2, 0.25) is 0 Å². The predicted octanol–water partition coefficient (Wildman–Crippen LogP) is 2.63. The van der Waals surface area contributed by atoms with E-state index in [0.29, 0.717) is 65.6 Å². The van der Waals surface area contributed by atoms with Crippen LogP contribution >= 0.6 is 0 Å². The lowest BCUT2D eigenvalue weighted by atomic mass is 10.0. The van der Waals surface area contributed by atoms with Crippen molar-refractivity contribution >= 4 is 35.1 Å². The highest BCUT2D eigenvalue weighted by Gasteiger charge is 2.27. The fraction of sp³-hybridized carbons (Fsp3) is 0.375. The molecule has 0 radical (unpaired) electrons. The highest BCUT2D eigenvalue weighted by atomic mass is 19.1. The standard InChI is InChI=1S/C24H27FN4O4/c1-13(10-21(30)29-6-8-33-9-7-29)26-24(32)22-14(2)20(27-15(22)3)12-18-17-11-16(25)4-5-19(17)28-23(18)31/h4-5,11-13,27H,6-10H2,1-3H3,(H,26,32)(H,28,31)/b18-12-. The molecule has 0 bridgehead atoms. The molecular weight excluding hydrogens is 427 g/mol. The van der Waals surface area contributed by atoms with Gasteiger partial charge in [0, 0.05) is 48.2 Å². The van der Waals surface area contributed by atoms with Crippen molar-refractivity contribution in [2.45, 2.75) is 33.2 Å². The van der Waals surface area contributed by atoms with E-state index in [1.54, 1.807) is 31.7 Å². The number of amides is 3. The summed E-state index contributed by atoms with van der Waals surface area (Å²) in [6, 6.07) is 3.78. The van der Waals surface area contributed by atoms with Crippen LogP contribution in [-0.2, 0) is 14.3 Å². The Morgan fingerprint density at radius 1 is 1.27 bits per heavy atom. The number of benzene rings is 1. The summed E-state index contributed by atoms with van der Waals surface area (Å²) in [6.45, 7) is 7.54. The van der Waals surface area contributed by atoms with Gasteiger partial charge in [0.25, 0.3) is 11.8 Å². The van der Waals surface area contributed by atoms with E-state index < -0.39 is 5.82 Å². The van der Waals surface area contributed by atoms with Crippen LogP contribution in [0.15, 0.2) is 18.2 Å². The Hall–Kier alpha value is -3.46. The number of nitrogens with one attached hydrogen (secondary N) is 3. The van der Waals surface area contributed by atoms with Crippen LogP contribution in [0.4, 0.5) is 10.1 Å². The van der Waals surface area contributed by atoms with Crippen molar-refractivity contribution in [2.75, 3.05) is 31.6 Å². The number of hydrogen-bond acceptors (Lipinski definition) is 4. The zero-order valence-corrected chi connectivity index (χ0v) is 18.9. The molecule has 3 amide bonds. The Labute approximate surface area is 191 Å². The normalized spacial score (nSPS) is 17.6. The second-order valence-electron chi connectivity index (χ2n) is 8.44. The number of fused-ring (bicyclic) bond motifs is 1. The first kappa shape index (κ1) is 22.7. The maximum Gasteiger partial charge on any atom is 0.256 e. The van der Waals surface area contributed by atoms with Gasteiger partial charge in [-0.2, -0.15) is 0 Å². The van der Waals surface area contributed by atoms with Crippen LogP contribution in [0.5, 0.6) is 0 Å². The molecule has 2 aliphatic rings. The molecule has 4 rings (SSSR count). The van der Waals surface area contributed by atoms with Gasteiger partial charge in [0.1, 0.15) is 5.82 Å². The molecule has 2 aromatic rings. The molecule has 3 N–H and O–H groups in total. The lowest BCUT2D eigenvalue weighted by Crippen LogP contribution is -2.44. The van der Waals surface area contributed by atoms with E-state index in [2.05, 4.69) is 15.6 Å². The molecule has 33 heavy (non-hydrogen) atoms. The summed E-state index contributed by atoms with van der Waals surface area (Å²) in [7, 11) is 0. The van der Waals surface area contributed by atoms with E-state index in [9.17, 15) is 18.8 Å². The molecule has 0 spiro atoms. The summed E-state index contributed by atoms with van der Waals surface area (Å²) in [5.41, 5.74) is 3.72. The fourth-order valence-electron chi connectivity index (χ4n) is 4.26. The Kier molecular flexibility index (Phi) is 6.33. The van der Waals surface area contributed by atoms with E-state index in [1.165, 1.54) is 18.2 Å². The summed E-state index contributed by atoms with van der Waals surface area (Å²) >= 11 is 0. The summed E-state index contributed by atoms with van der Waals surface area (Å²) in [6.07, 6.45) is 1.83. The molecule has 1 unspecified atom stereocenters. The van der Waals surface area contributed by atoms with E-state index >= 15 is 0 Å². The molecule has 0 saturated carbocycles. The van der Waals surface area contributed by atoms with E-state index in [1.807, 2.05) is 0 Å². The number of H-pyrrole nitrogens is 1. The third-order valence-electron chi connectivity index (χ3n) is 5.98. The number of nitrogens with zero attached hydrogens (tertiary/aromatic N) is 1. The molecule has 2 aliphatic heterocycles. The van der Waals surface area contributed by atoms with Gasteiger partial charge in [-0.25, -0.2) is 4.39 Å². The molecule has 1 saturated heterocycles. The fourth-order valence-corrected chi connectivity index (χ4v) is 4.26. The average molecular weight is 455 g/mol. The Morgan fingerprint density at radius 3 is 2.73 bits per heavy atom. The molecule has 3 heterocycles. The molecule has 9 heteroatoms. The van der Waals surface area contributed by atoms with Crippen molar-refractivity contribution in [1.82, 2.24) is 15.2 Å². The summed E-state index contributed by atoms with van der Waals surface area (Å²) < 4.78 is 19.0. The van der Waals surface area contributed by atoms with Gasteiger partial charge >= 0.3 is 0 Å². The number of carbonyl (C=O) groups excluding carboxylic acids is 3. The van der Waals surface area contributed by atoms with Crippen LogP contribution in [0, 0.1) is 19.7 Å². The minimum absolute atomic E-state index is 0.0165. The molecule has 174 valence electrons. The van der Waals surface area contributed by atoms with Gasteiger partial charge < -0.3 is 25.3 Å². The topological polar surface area (TPSA) is 104 Å². The number of rotatable bonds is 5. The zero-order chi connectivity index (χ0) is 23.7. The maximum absolute atomic E-state index is 13.7. The molecule has 1 aromatic carbocycles. The van der Waals surface area contributed by atoms with Gasteiger partial charge in [-0.3, -0.25) is 14.4 Å². The van der Waals surface area contributed by atoms with Crippen LogP contribution in [0.1, 0.15) is 46.2 Å². The number of aromatic amines is 1. The largest absolute Gasteiger partial charge is 0.378 e. The molecule has 8 nitrogen and oxygen atoms in total. The number of aryl methyl sites for hydroxylation is 1. The minimum Gasteiger partial charge on any atom is -0.378 e. The number of morpholine rings is 1. The van der Waals surface area contributed by atoms with E-state index in [4.69, 9.17) is 4.74 Å². The number of hydrogen-bond donors (Lipinski definition) is 3. The Balaban J connectivity index is 1.50. The Bertz CT molecular complexity index is 1150. The van der Waals surface area contributed by atoms with Crippen molar-refractivity contribution < 1.29 is 23.5 Å². The van der Waals surface area contributed by atoms with Crippen LogP contribution in [-0.4, -0.2) is 60.0 Å². The zero-order valence-electron chi connectivity index (χ0n) is 18.9. The second-order valence-corrected chi connectivity index (χ2v) is 8.44. The van der Waals surface area contributed by atoms with Gasteiger partial charge in [-0.05, 0) is 50.6 Å². The molecule has 1 aromatic heterocycles. The highest BCUT2D eigenvalue weighted by molar-refractivity contribution is 6.34. The van der Waals surface area contributed by atoms with E-state index in [0.717, 1.165) is 0 Å². The predicted molar refractivity (Wildman–Crippen MR) is 122 cm³/mol. The summed E-state index contributed by atoms with van der Waals surface area (Å²) in [5.74, 6) is -1.08. The first-order valence-electron chi connectivity index (χ1n) is 10.9. The van der Waals surface area contributed by atoms with E-state index in [-0.39, 0.29) is 30.2 Å². The number of carbonyl (C=O) groups is 3. The van der Waals surface area contributed by atoms with Crippen molar-refractivity contribution in [3.63, 3.8) is 0 Å². The summed E-state index contributed by atoms with van der Waals surface area (Å²) in [5, 5.41) is 5.62. The van der Waals surface area contributed by atoms with Gasteiger partial charge in [-0.1, -0.05) is 0 Å². The van der Waals surface area contributed by atoms with Gasteiger partial charge in [-0.15, -0.1) is 0 Å². The van der Waals surface area contributed by atoms with Gasteiger partial charge in [0.15, 0.2) is 0 Å². The lowest BCUT2D eigenvalue weighted by molar-refractivity contribution is -0.135. The third kappa shape index (κ3) is 4.68. The number of ether oxygens (including phenoxy) is 1. The lowest BCUT2D eigenvalue weighted by Gasteiger charge is -2.28. The number of aromatic nitrogens is 1. The minimum atomic E-state index is -0.434. The third-order valence-corrected chi connectivity index (χ3v) is 5.98. The molecule has 0 aliphatic carbocycles. The SMILES string of the molecule is Cc1[nH]c(/C=C2\C(=O)Nc3ccc(F)cc32)c(C)c1C(=O)NC(C)CC(=O)N1CCOCC1. The van der Waals surface area contributed by atoms with Gasteiger partial charge in [0.05, 0.1) is 24.4 Å². The first-order valence-corrected chi connectivity index (χ1v) is 10.9. The number of halogens is 1. The highest BCUT2D eigenvalue weighted by Crippen LogP contribution is 2.34. The average Bonchev–Trinajstić information content (AvgIpc) is 3.23. The van der Waals surface area contributed by atoms with Crippen molar-refractivity contribution in [1.29, 1.82) is 0 Å². The second kappa shape index (κ2) is 9.19. The molecule has 1 atom stereocenters. The quantitative estimate of drug-likeness (QED) is 0.605. The molecule has 1 fully saturated rings. The summed E-state index contributed by atoms with van der Waals surface area (Å²) in [4.78, 5) is 42.8. The number of anilines is 1. The van der Waals surface area contributed by atoms with Crippen molar-refractivity contribution in [3.05, 3.63) is 52.1 Å². The Morgan fingerprint density at radius 2 is 2.00 bits per heavy atom. The van der Waals surface area contributed by atoms with Crippen LogP contribution < -0.4 is 10.6 Å². The maximum atomic E-state index is 13.7.